The second-order valence-electron chi connectivity index (χ2n) is 7.60. The van der Waals surface area contributed by atoms with Gasteiger partial charge in [-0.25, -0.2) is 4.79 Å². The number of aromatic hydroxyl groups is 1. The summed E-state index contributed by atoms with van der Waals surface area (Å²) in [7, 11) is 1.47. The minimum atomic E-state index is -0.553. The molecular weight excluding hydrogens is 436 g/mol. The van der Waals surface area contributed by atoms with Gasteiger partial charge in [0, 0.05) is 23.6 Å². The molecule has 2 N–H and O–H groups in total. The Kier molecular flexibility index (Phi) is 6.72. The fraction of sp³-hybridized carbons (Fsp3) is 0.200. The first-order chi connectivity index (χ1) is 16.5. The van der Waals surface area contributed by atoms with E-state index in [4.69, 9.17) is 9.47 Å². The van der Waals surface area contributed by atoms with Crippen molar-refractivity contribution in [3.05, 3.63) is 83.7 Å². The quantitative estimate of drug-likeness (QED) is 0.547. The van der Waals surface area contributed by atoms with Crippen LogP contribution in [-0.2, 0) is 11.3 Å². The number of methoxy groups -OCH3 is 1. The van der Waals surface area contributed by atoms with Gasteiger partial charge < -0.3 is 19.9 Å². The van der Waals surface area contributed by atoms with E-state index >= 15 is 0 Å². The zero-order valence-corrected chi connectivity index (χ0v) is 18.8. The summed E-state index contributed by atoms with van der Waals surface area (Å²) in [6, 6.07) is 15.4. The highest BCUT2D eigenvalue weighted by molar-refractivity contribution is 6.06. The van der Waals surface area contributed by atoms with Gasteiger partial charge in [-0.1, -0.05) is 19.1 Å². The molecule has 0 saturated carbocycles. The van der Waals surface area contributed by atoms with Crippen LogP contribution in [0.25, 0.3) is 0 Å². The molecule has 0 spiro atoms. The second-order valence-corrected chi connectivity index (χ2v) is 7.60. The summed E-state index contributed by atoms with van der Waals surface area (Å²) in [5, 5.41) is 18.7. The number of phenols is 1. The van der Waals surface area contributed by atoms with E-state index in [0.29, 0.717) is 34.7 Å². The van der Waals surface area contributed by atoms with E-state index in [1.807, 2.05) is 6.92 Å². The van der Waals surface area contributed by atoms with E-state index in [2.05, 4.69) is 15.4 Å². The zero-order valence-electron chi connectivity index (χ0n) is 18.8. The summed E-state index contributed by atoms with van der Waals surface area (Å²) < 4.78 is 10.7. The van der Waals surface area contributed by atoms with Crippen LogP contribution in [0.4, 0.5) is 10.5 Å². The lowest BCUT2D eigenvalue weighted by Crippen LogP contribution is -2.41. The predicted octanol–water partition coefficient (Wildman–Crippen LogP) is 4.18. The molecule has 4 rings (SSSR count). The average Bonchev–Trinajstić information content (AvgIpc) is 2.86. The van der Waals surface area contributed by atoms with Gasteiger partial charge in [0.2, 0.25) is 0 Å². The third-order valence-electron chi connectivity index (χ3n) is 5.30. The molecular formula is C25H24N4O5. The number of ether oxygens (including phenoxy) is 2. The van der Waals surface area contributed by atoms with Crippen molar-refractivity contribution < 1.29 is 24.2 Å². The number of hydrogen-bond acceptors (Lipinski definition) is 7. The average molecular weight is 460 g/mol. The first-order valence-electron chi connectivity index (χ1n) is 10.7. The molecule has 0 bridgehead atoms. The molecule has 9 nitrogen and oxygen atoms in total. The maximum Gasteiger partial charge on any atom is 0.431 e. The van der Waals surface area contributed by atoms with Gasteiger partial charge in [0.25, 0.3) is 5.91 Å². The Labute approximate surface area is 196 Å². The highest BCUT2D eigenvalue weighted by Crippen LogP contribution is 2.29. The number of amides is 2. The van der Waals surface area contributed by atoms with Crippen LogP contribution in [0.3, 0.4) is 0 Å². The normalized spacial score (nSPS) is 15.4. The zero-order chi connectivity index (χ0) is 24.1. The van der Waals surface area contributed by atoms with Gasteiger partial charge in [0.05, 0.1) is 19.2 Å². The molecule has 3 aromatic rings. The van der Waals surface area contributed by atoms with Crippen LogP contribution in [-0.4, -0.2) is 46.0 Å². The van der Waals surface area contributed by atoms with E-state index in [1.165, 1.54) is 24.4 Å². The number of cyclic esters (lactones) is 1. The Balaban J connectivity index is 1.51. The monoisotopic (exact) mass is 460 g/mol. The van der Waals surface area contributed by atoms with E-state index in [0.717, 1.165) is 5.56 Å². The summed E-state index contributed by atoms with van der Waals surface area (Å²) in [6.45, 7) is 2.07. The molecule has 2 heterocycles. The number of phenolic OH excluding ortho intramolecular Hbond substituents is 1. The first kappa shape index (κ1) is 22.8. The topological polar surface area (TPSA) is 113 Å². The van der Waals surface area contributed by atoms with Crippen molar-refractivity contribution >= 4 is 23.4 Å². The number of nitrogens with one attached hydrogen (secondary N) is 1. The molecule has 0 radical (unpaired) electrons. The molecule has 1 unspecified atom stereocenters. The van der Waals surface area contributed by atoms with Gasteiger partial charge >= 0.3 is 6.09 Å². The number of carbonyl (C=O) groups is 2. The maximum atomic E-state index is 12.5. The number of hydrogen-bond donors (Lipinski definition) is 2. The molecule has 2 amide bonds. The molecule has 2 aromatic carbocycles. The first-order valence-corrected chi connectivity index (χ1v) is 10.7. The minimum Gasteiger partial charge on any atom is -0.504 e. The summed E-state index contributed by atoms with van der Waals surface area (Å²) in [5.74, 6) is 0.0609. The van der Waals surface area contributed by atoms with Crippen molar-refractivity contribution in [1.29, 1.82) is 0 Å². The van der Waals surface area contributed by atoms with E-state index in [9.17, 15) is 14.7 Å². The van der Waals surface area contributed by atoms with Gasteiger partial charge in [-0.2, -0.15) is 10.1 Å². The molecule has 1 aromatic heterocycles. The van der Waals surface area contributed by atoms with Crippen LogP contribution in [0.2, 0.25) is 0 Å². The van der Waals surface area contributed by atoms with Crippen molar-refractivity contribution in [3.8, 4) is 11.5 Å². The fourth-order valence-corrected chi connectivity index (χ4v) is 3.51. The van der Waals surface area contributed by atoms with Crippen LogP contribution in [0, 0.1) is 0 Å². The Morgan fingerprint density at radius 3 is 2.65 bits per heavy atom. The second kappa shape index (κ2) is 10.0. The summed E-state index contributed by atoms with van der Waals surface area (Å²) in [4.78, 5) is 28.8. The number of rotatable bonds is 7. The number of benzene rings is 2. The predicted molar refractivity (Wildman–Crippen MR) is 126 cm³/mol. The van der Waals surface area contributed by atoms with E-state index in [-0.39, 0.29) is 18.2 Å². The largest absolute Gasteiger partial charge is 0.504 e. The standard InChI is InChI=1S/C25H24N4O5/c1-3-21-23(17-8-11-22(33-2)20(30)13-17)28-29(25(32)34-21)15-16-6-9-19(10-7-16)27-24(31)18-5-4-12-26-14-18/h4-14,21,30H,3,15H2,1-2H3,(H,27,31). The molecule has 0 fully saturated rings. The van der Waals surface area contributed by atoms with E-state index in [1.54, 1.807) is 54.7 Å². The number of carbonyl (C=O) groups excluding carboxylic acids is 2. The van der Waals surface area contributed by atoms with Crippen molar-refractivity contribution in [2.75, 3.05) is 12.4 Å². The molecule has 1 aliphatic heterocycles. The van der Waals surface area contributed by atoms with Gasteiger partial charge in [-0.3, -0.25) is 9.78 Å². The molecule has 0 aliphatic carbocycles. The summed E-state index contributed by atoms with van der Waals surface area (Å²) in [6.07, 6.45) is 2.55. The Morgan fingerprint density at radius 2 is 2.00 bits per heavy atom. The number of nitrogens with zero attached hydrogens (tertiary/aromatic N) is 3. The Hall–Kier alpha value is -4.40. The third kappa shape index (κ3) is 4.98. The van der Waals surface area contributed by atoms with Crippen molar-refractivity contribution in [1.82, 2.24) is 9.99 Å². The SMILES string of the molecule is CCC1OC(=O)N(Cc2ccc(NC(=O)c3cccnc3)cc2)N=C1c1ccc(OC)c(O)c1. The number of aromatic nitrogens is 1. The minimum absolute atomic E-state index is 0.0232. The van der Waals surface area contributed by atoms with Gasteiger partial charge in [0.15, 0.2) is 11.5 Å². The molecule has 9 heteroatoms. The van der Waals surface area contributed by atoms with Gasteiger partial charge in [-0.05, 0) is 54.4 Å². The lowest BCUT2D eigenvalue weighted by Gasteiger charge is -2.29. The smallest absolute Gasteiger partial charge is 0.431 e. The lowest BCUT2D eigenvalue weighted by atomic mass is 10.0. The number of anilines is 1. The molecule has 1 atom stereocenters. The molecule has 174 valence electrons. The number of hydrazone groups is 1. The molecule has 0 saturated heterocycles. The maximum absolute atomic E-state index is 12.5. The Morgan fingerprint density at radius 1 is 1.21 bits per heavy atom. The molecule has 34 heavy (non-hydrogen) atoms. The van der Waals surface area contributed by atoms with Gasteiger partial charge in [0.1, 0.15) is 11.8 Å². The summed E-state index contributed by atoms with van der Waals surface area (Å²) in [5.41, 5.74) is 3.05. The van der Waals surface area contributed by atoms with Crippen LogP contribution >= 0.6 is 0 Å². The summed E-state index contributed by atoms with van der Waals surface area (Å²) >= 11 is 0. The highest BCUT2D eigenvalue weighted by atomic mass is 16.6. The Bertz CT molecular complexity index is 1210. The van der Waals surface area contributed by atoms with E-state index < -0.39 is 12.2 Å². The highest BCUT2D eigenvalue weighted by Gasteiger charge is 2.31. The van der Waals surface area contributed by atoms with Gasteiger partial charge in [-0.15, -0.1) is 0 Å². The van der Waals surface area contributed by atoms with Crippen LogP contribution in [0.5, 0.6) is 11.5 Å². The van der Waals surface area contributed by atoms with Crippen molar-refractivity contribution in [2.45, 2.75) is 26.0 Å². The number of pyridine rings is 1. The van der Waals surface area contributed by atoms with Crippen molar-refractivity contribution in [3.63, 3.8) is 0 Å². The van der Waals surface area contributed by atoms with Crippen LogP contribution in [0.1, 0.15) is 34.8 Å². The van der Waals surface area contributed by atoms with Crippen LogP contribution in [0.15, 0.2) is 72.1 Å². The fourth-order valence-electron chi connectivity index (χ4n) is 3.51. The lowest BCUT2D eigenvalue weighted by molar-refractivity contribution is 0.0712. The van der Waals surface area contributed by atoms with Crippen LogP contribution < -0.4 is 10.1 Å². The third-order valence-corrected chi connectivity index (χ3v) is 5.30. The molecule has 1 aliphatic rings. The van der Waals surface area contributed by atoms with Crippen molar-refractivity contribution in [2.24, 2.45) is 5.10 Å².